The topological polar surface area (TPSA) is 235 Å². The first kappa shape index (κ1) is 47.7. The Morgan fingerprint density at radius 1 is 1.00 bits per heavy atom. The molecule has 1 saturated heterocycles. The summed E-state index contributed by atoms with van der Waals surface area (Å²) in [6.45, 7) is 17.0. The molecule has 0 radical (unpaired) electrons. The minimum atomic E-state index is -2.02. The number of anilines is 1. The second-order valence-corrected chi connectivity index (χ2v) is 17.6. The van der Waals surface area contributed by atoms with Gasteiger partial charge >= 0.3 is 17.8 Å². The van der Waals surface area contributed by atoms with E-state index in [1.54, 1.807) is 51.7 Å². The number of phenolic OH excluding ortho intramolecular Hbond substituents is 2. The summed E-state index contributed by atoms with van der Waals surface area (Å²) in [4.78, 5) is 65.5. The van der Waals surface area contributed by atoms with Crippen molar-refractivity contribution < 1.29 is 63.3 Å². The van der Waals surface area contributed by atoms with Crippen molar-refractivity contribution in [2.24, 2.45) is 33.7 Å². The van der Waals surface area contributed by atoms with Gasteiger partial charge in [0.25, 0.3) is 11.7 Å². The fourth-order valence-corrected chi connectivity index (χ4v) is 9.07. The standard InChI is InChI=1S/C47H60N4O13/c1-11-20-61-45(59)51-18-16-47(17-19-51)22-48-35-34(50-47)31-32-39(55)28(7)42-33(31)43(57)46(9,64-42)62-21-15-30(60-10)25(4)41(63-29(8)52)27(6)38(54)26(5)37(53)23(2)13-12-14-24(3)44(58)49-36(35)40(32)56/h11-15,21,23,25-27,30,37-38,41,53-56H,1,16-20,22H2,2-10H3,(H,49,58)/b13-12+,21-15+,24-14-/t23-,25+,26+,27+,30-,37-,38+,41+,46-/m0/s1. The van der Waals surface area contributed by atoms with E-state index in [-0.39, 0.29) is 75.9 Å². The molecule has 1 fully saturated rings. The molecule has 64 heavy (non-hydrogen) atoms. The number of benzene rings is 2. The van der Waals surface area contributed by atoms with Crippen LogP contribution in [0.2, 0.25) is 0 Å². The number of carbonyl (C=O) groups is 4. The van der Waals surface area contributed by atoms with Crippen molar-refractivity contribution >= 4 is 40.2 Å². The molecule has 4 aliphatic heterocycles. The first-order valence-corrected chi connectivity index (χ1v) is 21.5. The molecule has 346 valence electrons. The SMILES string of the molecule is C=CCOC(=O)N1CCC2(CC1)CN=c1c3c(O)c4c(O)c(C)c5c(c4c1=N2)C(=O)[C@@](C)(O/C=C/[C@H](OC)[C@@H](C)[C@@H](OC(C)=O)[C@H](C)[C@H](O)[C@H](C)[C@@H](O)[C@@H](C)/C=C/C=C(/C)C(=O)N3)O5. The molecule has 0 aromatic heterocycles. The highest BCUT2D eigenvalue weighted by atomic mass is 16.7. The Morgan fingerprint density at radius 2 is 1.69 bits per heavy atom. The summed E-state index contributed by atoms with van der Waals surface area (Å²) in [6.07, 6.45) is 5.37. The predicted molar refractivity (Wildman–Crippen MR) is 234 cm³/mol. The maximum Gasteiger partial charge on any atom is 0.410 e. The van der Waals surface area contributed by atoms with Gasteiger partial charge in [-0.3, -0.25) is 24.4 Å². The van der Waals surface area contributed by atoms with Gasteiger partial charge in [0, 0.05) is 74.2 Å². The average molecular weight is 889 g/mol. The summed E-state index contributed by atoms with van der Waals surface area (Å²) >= 11 is 0. The Bertz CT molecular complexity index is 2440. The Hall–Kier alpha value is -5.78. The third kappa shape index (κ3) is 8.84. The van der Waals surface area contributed by atoms with Gasteiger partial charge in [-0.05, 0) is 32.8 Å². The summed E-state index contributed by atoms with van der Waals surface area (Å²) in [7, 11) is 1.45. The number of nitrogens with one attached hydrogen (secondary N) is 1. The smallest absolute Gasteiger partial charge is 0.410 e. The van der Waals surface area contributed by atoms with Crippen LogP contribution in [-0.2, 0) is 28.5 Å². The van der Waals surface area contributed by atoms with Crippen LogP contribution in [0, 0.1) is 30.6 Å². The van der Waals surface area contributed by atoms with Gasteiger partial charge in [0.15, 0.2) is 5.75 Å². The zero-order chi connectivity index (χ0) is 47.0. The summed E-state index contributed by atoms with van der Waals surface area (Å²) in [6, 6.07) is 0. The largest absolute Gasteiger partial charge is 0.507 e. The van der Waals surface area contributed by atoms with Crippen molar-refractivity contribution in [1.82, 2.24) is 4.90 Å². The highest BCUT2D eigenvalue weighted by molar-refractivity contribution is 6.19. The Balaban J connectivity index is 1.54. The van der Waals surface area contributed by atoms with Crippen LogP contribution in [0.4, 0.5) is 10.5 Å². The van der Waals surface area contributed by atoms with E-state index in [4.69, 9.17) is 33.7 Å². The predicted octanol–water partition coefficient (Wildman–Crippen LogP) is 4.46. The maximum absolute atomic E-state index is 14.8. The molecule has 2 aromatic rings. The fourth-order valence-electron chi connectivity index (χ4n) is 9.07. The number of likely N-dealkylation sites (tertiary alicyclic amines) is 1. The number of aliphatic hydroxyl groups excluding tert-OH is 2. The molecule has 2 aromatic carbocycles. The highest BCUT2D eigenvalue weighted by Crippen LogP contribution is 2.49. The Labute approximate surface area is 371 Å². The number of hydrogen-bond acceptors (Lipinski definition) is 15. The highest BCUT2D eigenvalue weighted by Gasteiger charge is 2.50. The van der Waals surface area contributed by atoms with Gasteiger partial charge in [0.2, 0.25) is 0 Å². The summed E-state index contributed by atoms with van der Waals surface area (Å²) in [5, 5.41) is 49.8. The molecule has 17 nitrogen and oxygen atoms in total. The van der Waals surface area contributed by atoms with E-state index >= 15 is 0 Å². The number of fused-ring (bicyclic) bond motifs is 1. The summed E-state index contributed by atoms with van der Waals surface area (Å²) in [5.41, 5.74) is -0.754. The first-order chi connectivity index (χ1) is 30.2. The number of carbonyl (C=O) groups excluding carboxylic acids is 4. The van der Waals surface area contributed by atoms with Crippen LogP contribution in [-0.4, -0.2) is 118 Å². The number of Topliss-reactive ketones (excluding diaryl/α,β-unsaturated/α-hetero) is 1. The number of esters is 1. The third-order valence-corrected chi connectivity index (χ3v) is 13.1. The van der Waals surface area contributed by atoms with E-state index in [2.05, 4.69) is 11.9 Å². The number of ether oxygens (including phenoxy) is 5. The molecule has 6 rings (SSSR count). The normalized spacial score (nSPS) is 31.3. The number of ketones is 1. The Morgan fingerprint density at radius 3 is 2.33 bits per heavy atom. The van der Waals surface area contributed by atoms with Gasteiger partial charge in [-0.2, -0.15) is 0 Å². The number of phenols is 2. The lowest BCUT2D eigenvalue weighted by molar-refractivity contribution is -0.160. The number of methoxy groups -OCH3 is 1. The second-order valence-electron chi connectivity index (χ2n) is 17.6. The number of nitrogens with zero attached hydrogens (tertiary/aromatic N) is 3. The van der Waals surface area contributed by atoms with Crippen molar-refractivity contribution in [3.63, 3.8) is 0 Å². The monoisotopic (exact) mass is 888 g/mol. The van der Waals surface area contributed by atoms with E-state index in [1.807, 2.05) is 0 Å². The van der Waals surface area contributed by atoms with Gasteiger partial charge in [0.05, 0.1) is 53.0 Å². The molecule has 4 heterocycles. The first-order valence-electron chi connectivity index (χ1n) is 21.5. The van der Waals surface area contributed by atoms with Crippen molar-refractivity contribution in [3.8, 4) is 17.2 Å². The van der Waals surface area contributed by atoms with Crippen LogP contribution in [0.1, 0.15) is 77.2 Å². The fraction of sp³-hybridized carbons (Fsp3) is 0.532. The third-order valence-electron chi connectivity index (χ3n) is 13.1. The minimum absolute atomic E-state index is 0.0186. The van der Waals surface area contributed by atoms with Crippen molar-refractivity contribution in [2.75, 3.05) is 38.7 Å². The van der Waals surface area contributed by atoms with Gasteiger partial charge < -0.3 is 54.3 Å². The molecule has 4 aliphatic rings. The van der Waals surface area contributed by atoms with Crippen LogP contribution in [0.15, 0.2) is 58.8 Å². The van der Waals surface area contributed by atoms with Crippen LogP contribution in [0.5, 0.6) is 17.2 Å². The summed E-state index contributed by atoms with van der Waals surface area (Å²) in [5.74, 6) is -7.41. The van der Waals surface area contributed by atoms with Gasteiger partial charge in [-0.25, -0.2) is 4.79 Å². The van der Waals surface area contributed by atoms with Crippen molar-refractivity contribution in [3.05, 3.63) is 70.6 Å². The van der Waals surface area contributed by atoms with E-state index < -0.39 is 94.7 Å². The van der Waals surface area contributed by atoms with Crippen molar-refractivity contribution in [2.45, 2.75) is 104 Å². The quantitative estimate of drug-likeness (QED) is 0.162. The molecule has 0 aliphatic carbocycles. The molecule has 1 spiro atoms. The van der Waals surface area contributed by atoms with Crippen LogP contribution < -0.4 is 20.8 Å². The van der Waals surface area contributed by atoms with E-state index in [9.17, 15) is 39.6 Å². The number of piperidine rings is 1. The van der Waals surface area contributed by atoms with E-state index in [0.717, 1.165) is 0 Å². The zero-order valence-electron chi connectivity index (χ0n) is 37.8. The lowest BCUT2D eigenvalue weighted by Gasteiger charge is -2.38. The number of amides is 2. The molecular weight excluding hydrogens is 829 g/mol. The number of aromatic hydroxyl groups is 2. The second kappa shape index (κ2) is 18.7. The van der Waals surface area contributed by atoms with Crippen LogP contribution >= 0.6 is 0 Å². The molecule has 0 unspecified atom stereocenters. The average Bonchev–Trinajstić information content (AvgIpc) is 3.53. The molecule has 4 bridgehead atoms. The van der Waals surface area contributed by atoms with Crippen molar-refractivity contribution in [1.29, 1.82) is 0 Å². The van der Waals surface area contributed by atoms with Gasteiger partial charge in [-0.15, -0.1) is 0 Å². The maximum atomic E-state index is 14.8. The van der Waals surface area contributed by atoms with Gasteiger partial charge in [-0.1, -0.05) is 58.6 Å². The van der Waals surface area contributed by atoms with E-state index in [1.165, 1.54) is 52.4 Å². The number of allylic oxidation sites excluding steroid dienone is 2. The lowest BCUT2D eigenvalue weighted by atomic mass is 9.78. The summed E-state index contributed by atoms with van der Waals surface area (Å²) < 4.78 is 29.2. The molecule has 9 atom stereocenters. The number of aliphatic hydroxyl groups is 2. The lowest BCUT2D eigenvalue weighted by Crippen LogP contribution is -2.51. The Kier molecular flexibility index (Phi) is 14.0. The zero-order valence-corrected chi connectivity index (χ0v) is 37.8. The molecule has 17 heteroatoms. The van der Waals surface area contributed by atoms with Crippen LogP contribution in [0.25, 0.3) is 10.8 Å². The number of rotatable bonds is 4. The van der Waals surface area contributed by atoms with Gasteiger partial charge in [0.1, 0.15) is 35.3 Å². The molecule has 0 saturated carbocycles. The molecular formula is C47H60N4O13. The van der Waals surface area contributed by atoms with E-state index in [0.29, 0.717) is 12.8 Å². The molecule has 2 amide bonds. The number of hydrogen-bond donors (Lipinski definition) is 5. The minimum Gasteiger partial charge on any atom is -0.507 e. The van der Waals surface area contributed by atoms with Crippen LogP contribution in [0.3, 0.4) is 0 Å². The molecule has 5 N–H and O–H groups in total.